The van der Waals surface area contributed by atoms with Gasteiger partial charge in [-0.3, -0.25) is 4.79 Å². The molecule has 1 amide bonds. The molecule has 1 fully saturated rings. The molecule has 1 saturated heterocycles. The standard InChI is InChI=1S/C15H22N4O3/c1-2-18-7-9-19(10-8-18)12-3-4-13(16-11-12)17-14(20)5-6-15(21)22/h3-4,11H,2,5-10H2,1H3,(H,21,22)(H,16,17,20). The van der Waals surface area contributed by atoms with Crippen LogP contribution in [0.3, 0.4) is 0 Å². The zero-order valence-corrected chi connectivity index (χ0v) is 12.8. The van der Waals surface area contributed by atoms with Crippen LogP contribution < -0.4 is 20.2 Å². The third-order valence-electron chi connectivity index (χ3n) is 3.91. The smallest absolute Gasteiger partial charge is 0.225 e. The number of carboxylic acids is 1. The number of amides is 1. The number of aromatic nitrogens is 1. The number of hydrogen-bond acceptors (Lipinski definition) is 5. The average molecular weight is 306 g/mol. The summed E-state index contributed by atoms with van der Waals surface area (Å²) in [5.41, 5.74) is 1.04. The highest BCUT2D eigenvalue weighted by molar-refractivity contribution is 5.91. The minimum absolute atomic E-state index is 0.104. The number of nitrogens with zero attached hydrogens (tertiary/aromatic N) is 2. The van der Waals surface area contributed by atoms with Crippen molar-refractivity contribution >= 4 is 23.4 Å². The van der Waals surface area contributed by atoms with Crippen molar-refractivity contribution in [3.63, 3.8) is 0 Å². The maximum absolute atomic E-state index is 11.5. The summed E-state index contributed by atoms with van der Waals surface area (Å²) in [5.74, 6) is -1.17. The van der Waals surface area contributed by atoms with Gasteiger partial charge in [-0.1, -0.05) is 0 Å². The zero-order valence-electron chi connectivity index (χ0n) is 12.8. The number of carbonyl (C=O) groups excluding carboxylic acids is 2. The van der Waals surface area contributed by atoms with Crippen molar-refractivity contribution in [3.8, 4) is 0 Å². The van der Waals surface area contributed by atoms with Crippen LogP contribution in [0.15, 0.2) is 18.3 Å². The lowest BCUT2D eigenvalue weighted by molar-refractivity contribution is -0.898. The van der Waals surface area contributed by atoms with Crippen molar-refractivity contribution in [2.24, 2.45) is 0 Å². The Hall–Kier alpha value is -2.15. The molecule has 2 N–H and O–H groups in total. The Morgan fingerprint density at radius 1 is 1.32 bits per heavy atom. The number of anilines is 2. The summed E-state index contributed by atoms with van der Waals surface area (Å²) in [7, 11) is 0. The van der Waals surface area contributed by atoms with Crippen LogP contribution in [-0.2, 0) is 9.59 Å². The summed E-state index contributed by atoms with van der Waals surface area (Å²) >= 11 is 0. The monoisotopic (exact) mass is 306 g/mol. The SMILES string of the molecule is CC[NH+]1CCN(c2ccc(NC(=O)CCC(=O)[O-])nc2)CC1. The maximum Gasteiger partial charge on any atom is 0.225 e. The Kier molecular flexibility index (Phi) is 5.71. The molecule has 22 heavy (non-hydrogen) atoms. The first kappa shape index (κ1) is 16.2. The number of rotatable bonds is 6. The van der Waals surface area contributed by atoms with E-state index in [2.05, 4.69) is 22.1 Å². The molecule has 1 aliphatic rings. The lowest BCUT2D eigenvalue weighted by Gasteiger charge is -2.32. The molecule has 0 atom stereocenters. The van der Waals surface area contributed by atoms with Crippen LogP contribution in [0.1, 0.15) is 19.8 Å². The molecule has 0 aromatic carbocycles. The molecule has 1 aliphatic heterocycles. The minimum Gasteiger partial charge on any atom is -0.550 e. The van der Waals surface area contributed by atoms with Gasteiger partial charge in [-0.15, -0.1) is 0 Å². The van der Waals surface area contributed by atoms with Gasteiger partial charge < -0.3 is 25.0 Å². The van der Waals surface area contributed by atoms with Gasteiger partial charge in [0.1, 0.15) is 5.82 Å². The molecule has 0 saturated carbocycles. The van der Waals surface area contributed by atoms with Gasteiger partial charge >= 0.3 is 0 Å². The van der Waals surface area contributed by atoms with Crippen molar-refractivity contribution < 1.29 is 19.6 Å². The molecule has 0 aliphatic carbocycles. The highest BCUT2D eigenvalue weighted by Gasteiger charge is 2.18. The number of likely N-dealkylation sites (N-methyl/N-ethyl adjacent to an activating group) is 1. The van der Waals surface area contributed by atoms with Crippen molar-refractivity contribution in [2.45, 2.75) is 19.8 Å². The van der Waals surface area contributed by atoms with Crippen LogP contribution in [-0.4, -0.2) is 49.6 Å². The molecular formula is C15H22N4O3. The minimum atomic E-state index is -1.23. The number of pyridine rings is 1. The van der Waals surface area contributed by atoms with E-state index < -0.39 is 5.97 Å². The highest BCUT2D eigenvalue weighted by atomic mass is 16.4. The molecule has 1 aromatic heterocycles. The lowest BCUT2D eigenvalue weighted by atomic mass is 10.2. The fourth-order valence-corrected chi connectivity index (χ4v) is 2.50. The maximum atomic E-state index is 11.5. The Bertz CT molecular complexity index is 510. The van der Waals surface area contributed by atoms with Gasteiger partial charge in [-0.25, -0.2) is 4.98 Å². The Balaban J connectivity index is 1.85. The van der Waals surface area contributed by atoms with E-state index in [9.17, 15) is 14.7 Å². The first-order valence-electron chi connectivity index (χ1n) is 7.62. The van der Waals surface area contributed by atoms with Crippen molar-refractivity contribution in [2.75, 3.05) is 42.9 Å². The van der Waals surface area contributed by atoms with E-state index >= 15 is 0 Å². The van der Waals surface area contributed by atoms with E-state index in [-0.39, 0.29) is 18.7 Å². The molecule has 0 spiro atoms. The fourth-order valence-electron chi connectivity index (χ4n) is 2.50. The Labute approximate surface area is 129 Å². The van der Waals surface area contributed by atoms with Gasteiger partial charge in [0.05, 0.1) is 44.6 Å². The van der Waals surface area contributed by atoms with Crippen LogP contribution >= 0.6 is 0 Å². The van der Waals surface area contributed by atoms with Gasteiger partial charge in [0, 0.05) is 12.4 Å². The van der Waals surface area contributed by atoms with E-state index in [1.165, 1.54) is 0 Å². The van der Waals surface area contributed by atoms with Crippen molar-refractivity contribution in [3.05, 3.63) is 18.3 Å². The summed E-state index contributed by atoms with van der Waals surface area (Å²) in [6, 6.07) is 3.67. The second-order valence-electron chi connectivity index (χ2n) is 5.41. The van der Waals surface area contributed by atoms with E-state index in [0.717, 1.165) is 38.4 Å². The summed E-state index contributed by atoms with van der Waals surface area (Å²) in [6.45, 7) is 7.61. The normalized spacial score (nSPS) is 15.6. The van der Waals surface area contributed by atoms with Crippen molar-refractivity contribution in [1.29, 1.82) is 0 Å². The van der Waals surface area contributed by atoms with Crippen LogP contribution in [0.25, 0.3) is 0 Å². The first-order chi connectivity index (χ1) is 10.6. The number of quaternary nitrogens is 1. The molecule has 7 nitrogen and oxygen atoms in total. The first-order valence-corrected chi connectivity index (χ1v) is 7.62. The van der Waals surface area contributed by atoms with Gasteiger partial charge in [-0.05, 0) is 25.5 Å². The third-order valence-corrected chi connectivity index (χ3v) is 3.91. The quantitative estimate of drug-likeness (QED) is 0.652. The summed E-state index contributed by atoms with van der Waals surface area (Å²) in [6.07, 6.45) is 1.35. The molecule has 0 bridgehead atoms. The molecular weight excluding hydrogens is 284 g/mol. The second-order valence-corrected chi connectivity index (χ2v) is 5.41. The number of aliphatic carboxylic acids is 1. The number of nitrogens with one attached hydrogen (secondary N) is 2. The molecule has 7 heteroatoms. The zero-order chi connectivity index (χ0) is 15.9. The average Bonchev–Trinajstić information content (AvgIpc) is 2.54. The largest absolute Gasteiger partial charge is 0.550 e. The molecule has 0 radical (unpaired) electrons. The van der Waals surface area contributed by atoms with E-state index in [1.54, 1.807) is 17.2 Å². The molecule has 120 valence electrons. The Morgan fingerprint density at radius 2 is 2.05 bits per heavy atom. The number of carbonyl (C=O) groups is 2. The highest BCUT2D eigenvalue weighted by Crippen LogP contribution is 2.15. The molecule has 2 rings (SSSR count). The van der Waals surface area contributed by atoms with Crippen molar-refractivity contribution in [1.82, 2.24) is 4.98 Å². The van der Waals surface area contributed by atoms with Gasteiger partial charge in [0.25, 0.3) is 0 Å². The van der Waals surface area contributed by atoms with Gasteiger partial charge in [0.2, 0.25) is 5.91 Å². The Morgan fingerprint density at radius 3 is 2.59 bits per heavy atom. The van der Waals surface area contributed by atoms with E-state index in [4.69, 9.17) is 0 Å². The fraction of sp³-hybridized carbons (Fsp3) is 0.533. The molecule has 1 aromatic rings. The number of carboxylic acid groups (broad SMARTS) is 1. The van der Waals surface area contributed by atoms with Crippen LogP contribution in [0.4, 0.5) is 11.5 Å². The third kappa shape index (κ3) is 4.70. The topological polar surface area (TPSA) is 89.8 Å². The van der Waals surface area contributed by atoms with Crippen LogP contribution in [0.2, 0.25) is 0 Å². The predicted molar refractivity (Wildman–Crippen MR) is 80.6 cm³/mol. The van der Waals surface area contributed by atoms with Gasteiger partial charge in [-0.2, -0.15) is 0 Å². The second kappa shape index (κ2) is 7.74. The van der Waals surface area contributed by atoms with Crippen LogP contribution in [0.5, 0.6) is 0 Å². The number of hydrogen-bond donors (Lipinski definition) is 2. The van der Waals surface area contributed by atoms with E-state index in [1.807, 2.05) is 6.07 Å². The van der Waals surface area contributed by atoms with Crippen LogP contribution in [0, 0.1) is 0 Å². The van der Waals surface area contributed by atoms with Gasteiger partial charge in [0.15, 0.2) is 0 Å². The summed E-state index contributed by atoms with van der Waals surface area (Å²) in [4.78, 5) is 29.9. The predicted octanol–water partition coefficient (Wildman–Crippen LogP) is -1.72. The number of piperazine rings is 1. The molecule has 0 unspecified atom stereocenters. The molecule has 2 heterocycles. The lowest BCUT2D eigenvalue weighted by Crippen LogP contribution is -3.14. The summed E-state index contributed by atoms with van der Waals surface area (Å²) in [5, 5.41) is 12.9. The summed E-state index contributed by atoms with van der Waals surface area (Å²) < 4.78 is 0. The van der Waals surface area contributed by atoms with E-state index in [0.29, 0.717) is 5.82 Å².